The highest BCUT2D eigenvalue weighted by molar-refractivity contribution is 5.34. The SMILES string of the molecule is C.CC.CC.CC1C=CC=C(C(C)C(C)C2CC=C3C=CC=CC3C2)C1. The molecular formula is C26H44. The molecule has 0 amide bonds. The molecule has 0 heteroatoms. The highest BCUT2D eigenvalue weighted by Crippen LogP contribution is 2.41. The van der Waals surface area contributed by atoms with Crippen LogP contribution in [-0.4, -0.2) is 0 Å². The molecule has 3 rings (SSSR count). The molecule has 0 aromatic heterocycles. The van der Waals surface area contributed by atoms with E-state index in [4.69, 9.17) is 0 Å². The summed E-state index contributed by atoms with van der Waals surface area (Å²) in [5.74, 6) is 3.69. The van der Waals surface area contributed by atoms with Gasteiger partial charge in [0.1, 0.15) is 0 Å². The number of hydrogen-bond donors (Lipinski definition) is 0. The first-order chi connectivity index (χ1) is 12.1. The van der Waals surface area contributed by atoms with Crippen LogP contribution in [0.4, 0.5) is 0 Å². The minimum absolute atomic E-state index is 0. The topological polar surface area (TPSA) is 0 Å². The summed E-state index contributed by atoms with van der Waals surface area (Å²) in [5.41, 5.74) is 3.20. The second-order valence-electron chi connectivity index (χ2n) is 7.24. The Morgan fingerprint density at radius 1 is 0.962 bits per heavy atom. The Morgan fingerprint density at radius 2 is 1.65 bits per heavy atom. The summed E-state index contributed by atoms with van der Waals surface area (Å²) in [6.07, 6.45) is 22.4. The maximum absolute atomic E-state index is 2.49. The van der Waals surface area contributed by atoms with Gasteiger partial charge in [-0.25, -0.2) is 0 Å². The van der Waals surface area contributed by atoms with E-state index in [2.05, 4.69) is 69.4 Å². The summed E-state index contributed by atoms with van der Waals surface area (Å²) in [6, 6.07) is 0. The lowest BCUT2D eigenvalue weighted by Gasteiger charge is -2.36. The zero-order valence-corrected chi connectivity index (χ0v) is 17.6. The van der Waals surface area contributed by atoms with E-state index in [0.29, 0.717) is 17.8 Å². The van der Waals surface area contributed by atoms with Crippen LogP contribution in [0.25, 0.3) is 0 Å². The van der Waals surface area contributed by atoms with E-state index in [1.54, 1.807) is 11.1 Å². The monoisotopic (exact) mass is 356 g/mol. The van der Waals surface area contributed by atoms with Crippen molar-refractivity contribution >= 4 is 0 Å². The van der Waals surface area contributed by atoms with Gasteiger partial charge in [0.25, 0.3) is 0 Å². The predicted octanol–water partition coefficient (Wildman–Crippen LogP) is 8.55. The first-order valence-electron chi connectivity index (χ1n) is 10.6. The molecule has 0 saturated heterocycles. The molecule has 0 spiro atoms. The fourth-order valence-electron chi connectivity index (χ4n) is 4.13. The summed E-state index contributed by atoms with van der Waals surface area (Å²) >= 11 is 0. The standard InChI is InChI=1S/C21H28.2C2H6.CH4/c1-15-7-6-10-19(13-15)16(2)17(3)20-12-11-18-8-4-5-9-21(18)14-20;2*1-2;/h4-11,15-17,20-21H,12-14H2,1-3H3;2*1-2H3;1H4. The summed E-state index contributed by atoms with van der Waals surface area (Å²) in [4.78, 5) is 0. The van der Waals surface area contributed by atoms with Gasteiger partial charge in [0.2, 0.25) is 0 Å². The zero-order valence-electron chi connectivity index (χ0n) is 17.6. The minimum atomic E-state index is 0. The van der Waals surface area contributed by atoms with E-state index in [1.165, 1.54) is 19.3 Å². The van der Waals surface area contributed by atoms with Gasteiger partial charge in [-0.3, -0.25) is 0 Å². The summed E-state index contributed by atoms with van der Waals surface area (Å²) < 4.78 is 0. The van der Waals surface area contributed by atoms with Gasteiger partial charge in [0, 0.05) is 5.92 Å². The van der Waals surface area contributed by atoms with E-state index in [-0.39, 0.29) is 7.43 Å². The molecular weight excluding hydrogens is 312 g/mol. The second-order valence-corrected chi connectivity index (χ2v) is 7.24. The third-order valence-electron chi connectivity index (χ3n) is 5.81. The molecule has 0 nitrogen and oxygen atoms in total. The van der Waals surface area contributed by atoms with Crippen molar-refractivity contribution < 1.29 is 0 Å². The van der Waals surface area contributed by atoms with Crippen LogP contribution in [-0.2, 0) is 0 Å². The van der Waals surface area contributed by atoms with E-state index in [0.717, 1.165) is 11.8 Å². The van der Waals surface area contributed by atoms with Gasteiger partial charge in [-0.05, 0) is 48.5 Å². The normalized spacial score (nSPS) is 27.9. The van der Waals surface area contributed by atoms with Crippen LogP contribution in [0, 0.1) is 29.6 Å². The zero-order chi connectivity index (χ0) is 18.8. The van der Waals surface area contributed by atoms with Crippen molar-refractivity contribution in [3.63, 3.8) is 0 Å². The van der Waals surface area contributed by atoms with Crippen molar-refractivity contribution in [3.05, 3.63) is 59.8 Å². The van der Waals surface area contributed by atoms with E-state index in [9.17, 15) is 0 Å². The Labute approximate surface area is 164 Å². The van der Waals surface area contributed by atoms with Crippen molar-refractivity contribution in [1.29, 1.82) is 0 Å². The van der Waals surface area contributed by atoms with Crippen LogP contribution in [0.15, 0.2) is 59.8 Å². The predicted molar refractivity (Wildman–Crippen MR) is 121 cm³/mol. The van der Waals surface area contributed by atoms with Gasteiger partial charge in [0.05, 0.1) is 0 Å². The molecule has 0 bridgehead atoms. The third-order valence-corrected chi connectivity index (χ3v) is 5.81. The van der Waals surface area contributed by atoms with Crippen LogP contribution in [0.5, 0.6) is 0 Å². The van der Waals surface area contributed by atoms with Crippen molar-refractivity contribution in [2.45, 2.75) is 75.2 Å². The van der Waals surface area contributed by atoms with Crippen LogP contribution < -0.4 is 0 Å². The third kappa shape index (κ3) is 6.45. The molecule has 0 N–H and O–H groups in total. The molecule has 0 aromatic carbocycles. The summed E-state index contributed by atoms with van der Waals surface area (Å²) in [5, 5.41) is 0. The quantitative estimate of drug-likeness (QED) is 0.475. The highest BCUT2D eigenvalue weighted by atomic mass is 14.3. The van der Waals surface area contributed by atoms with Crippen LogP contribution in [0.3, 0.4) is 0 Å². The molecule has 26 heavy (non-hydrogen) atoms. The maximum Gasteiger partial charge on any atom is 0.00207 e. The molecule has 3 aliphatic carbocycles. The maximum atomic E-state index is 2.49. The summed E-state index contributed by atoms with van der Waals surface area (Å²) in [7, 11) is 0. The molecule has 0 aliphatic heterocycles. The average molecular weight is 357 g/mol. The van der Waals surface area contributed by atoms with E-state index < -0.39 is 0 Å². The van der Waals surface area contributed by atoms with Gasteiger partial charge in [-0.15, -0.1) is 0 Å². The Hall–Kier alpha value is -1.30. The lowest BCUT2D eigenvalue weighted by atomic mass is 9.69. The van der Waals surface area contributed by atoms with Gasteiger partial charge >= 0.3 is 0 Å². The van der Waals surface area contributed by atoms with Crippen molar-refractivity contribution in [1.82, 2.24) is 0 Å². The highest BCUT2D eigenvalue weighted by Gasteiger charge is 2.30. The first-order valence-corrected chi connectivity index (χ1v) is 10.6. The Kier molecular flexibility index (Phi) is 12.3. The molecule has 3 aliphatic rings. The smallest absolute Gasteiger partial charge is 0.00207 e. The molecule has 5 unspecified atom stereocenters. The second kappa shape index (κ2) is 13.0. The largest absolute Gasteiger partial charge is 0.0814 e. The average Bonchev–Trinajstić information content (AvgIpc) is 2.69. The molecule has 148 valence electrons. The van der Waals surface area contributed by atoms with Crippen LogP contribution >= 0.6 is 0 Å². The van der Waals surface area contributed by atoms with Gasteiger partial charge in [-0.2, -0.15) is 0 Å². The molecule has 0 fully saturated rings. The molecule has 0 heterocycles. The number of allylic oxidation sites excluding steroid dienone is 10. The van der Waals surface area contributed by atoms with Gasteiger partial charge < -0.3 is 0 Å². The fourth-order valence-corrected chi connectivity index (χ4v) is 4.13. The Balaban J connectivity index is 0.00000117. The number of fused-ring (bicyclic) bond motifs is 1. The minimum Gasteiger partial charge on any atom is -0.0814 e. The van der Waals surface area contributed by atoms with Gasteiger partial charge in [0.15, 0.2) is 0 Å². The lowest BCUT2D eigenvalue weighted by Crippen LogP contribution is -2.26. The molecule has 0 radical (unpaired) electrons. The van der Waals surface area contributed by atoms with Crippen molar-refractivity contribution in [3.8, 4) is 0 Å². The number of hydrogen-bond acceptors (Lipinski definition) is 0. The van der Waals surface area contributed by atoms with Gasteiger partial charge in [-0.1, -0.05) is 110 Å². The summed E-state index contributed by atoms with van der Waals surface area (Å²) in [6.45, 7) is 15.2. The van der Waals surface area contributed by atoms with E-state index in [1.807, 2.05) is 27.7 Å². The Morgan fingerprint density at radius 3 is 2.31 bits per heavy atom. The molecule has 0 aromatic rings. The Bertz CT molecular complexity index is 526. The van der Waals surface area contributed by atoms with Crippen molar-refractivity contribution in [2.75, 3.05) is 0 Å². The fraction of sp³-hybridized carbons (Fsp3) is 0.615. The molecule has 5 atom stereocenters. The lowest BCUT2D eigenvalue weighted by molar-refractivity contribution is 0.247. The molecule has 0 saturated carbocycles. The van der Waals surface area contributed by atoms with Crippen LogP contribution in [0.2, 0.25) is 0 Å². The van der Waals surface area contributed by atoms with Crippen LogP contribution in [0.1, 0.15) is 75.2 Å². The van der Waals surface area contributed by atoms with Crippen molar-refractivity contribution in [2.24, 2.45) is 29.6 Å². The first kappa shape index (κ1) is 24.7. The number of rotatable bonds is 3. The van der Waals surface area contributed by atoms with E-state index >= 15 is 0 Å².